The van der Waals surface area contributed by atoms with Crippen LogP contribution in [0.4, 0.5) is 4.79 Å². The topological polar surface area (TPSA) is 89.1 Å². The third kappa shape index (κ3) is 4.11. The van der Waals surface area contributed by atoms with Crippen LogP contribution >= 0.6 is 0 Å². The van der Waals surface area contributed by atoms with Gasteiger partial charge < -0.3 is 19.5 Å². The molecule has 2 aliphatic heterocycles. The summed E-state index contributed by atoms with van der Waals surface area (Å²) in [5.74, 6) is 1.31. The second-order valence-corrected chi connectivity index (χ2v) is 8.45. The predicted molar refractivity (Wildman–Crippen MR) is 111 cm³/mol. The zero-order chi connectivity index (χ0) is 21.1. The van der Waals surface area contributed by atoms with Crippen molar-refractivity contribution in [3.63, 3.8) is 0 Å². The number of methoxy groups -OCH3 is 1. The molecule has 0 saturated heterocycles. The van der Waals surface area contributed by atoms with Gasteiger partial charge in [0.15, 0.2) is 11.5 Å². The molecule has 1 saturated carbocycles. The first kappa shape index (κ1) is 20.9. The predicted octanol–water partition coefficient (Wildman–Crippen LogP) is 2.12. The maximum atomic E-state index is 12.6. The minimum absolute atomic E-state index is 0.0265. The van der Waals surface area contributed by atoms with Crippen molar-refractivity contribution in [3.8, 4) is 11.5 Å². The van der Waals surface area contributed by atoms with Crippen LogP contribution in [0.15, 0.2) is 12.1 Å². The highest BCUT2D eigenvalue weighted by Gasteiger charge is 2.45. The first-order valence-corrected chi connectivity index (χ1v) is 10.8. The highest BCUT2D eigenvalue weighted by Crippen LogP contribution is 2.51. The van der Waals surface area contributed by atoms with Gasteiger partial charge in [-0.2, -0.15) is 0 Å². The minimum atomic E-state index is -0.489. The van der Waals surface area contributed by atoms with E-state index in [4.69, 9.17) is 14.2 Å². The zero-order valence-electron chi connectivity index (χ0n) is 17.8. The van der Waals surface area contributed by atoms with E-state index in [1.165, 1.54) is 24.0 Å². The van der Waals surface area contributed by atoms with Crippen LogP contribution in [-0.4, -0.2) is 63.4 Å². The standard InChI is InChI=1S/C22H31N3O5/c1-15-16-11-18-19(30-10-9-29-18)12-17(16)22(5-3-4-6-22)14-25(15)13-20(26)24-21(27)23-7-8-28-2/h11-12,15H,3-10,13-14H2,1-2H3,(H2,23,24,26,27). The lowest BCUT2D eigenvalue weighted by Gasteiger charge is -2.46. The van der Waals surface area contributed by atoms with Gasteiger partial charge in [0.25, 0.3) is 0 Å². The van der Waals surface area contributed by atoms with Crippen molar-refractivity contribution in [1.29, 1.82) is 0 Å². The van der Waals surface area contributed by atoms with Crippen LogP contribution in [0.5, 0.6) is 11.5 Å². The Kier molecular flexibility index (Phi) is 6.15. The number of fused-ring (bicyclic) bond motifs is 3. The molecule has 164 valence electrons. The molecule has 1 aliphatic carbocycles. The molecule has 1 aromatic rings. The van der Waals surface area contributed by atoms with Gasteiger partial charge in [0.2, 0.25) is 5.91 Å². The molecule has 1 unspecified atom stereocenters. The van der Waals surface area contributed by atoms with Gasteiger partial charge in [0.05, 0.1) is 13.2 Å². The Balaban J connectivity index is 1.52. The van der Waals surface area contributed by atoms with Gasteiger partial charge in [-0.25, -0.2) is 4.79 Å². The van der Waals surface area contributed by atoms with Crippen LogP contribution in [0.25, 0.3) is 0 Å². The Morgan fingerprint density at radius 3 is 2.60 bits per heavy atom. The number of ether oxygens (including phenoxy) is 3. The summed E-state index contributed by atoms with van der Waals surface area (Å²) in [6, 6.07) is 3.82. The molecule has 2 N–H and O–H groups in total. The fraction of sp³-hybridized carbons (Fsp3) is 0.636. The minimum Gasteiger partial charge on any atom is -0.486 e. The molecular weight excluding hydrogens is 386 g/mol. The van der Waals surface area contributed by atoms with Crippen LogP contribution in [0.2, 0.25) is 0 Å². The third-order valence-electron chi connectivity index (χ3n) is 6.54. The molecule has 0 bridgehead atoms. The summed E-state index contributed by atoms with van der Waals surface area (Å²) in [4.78, 5) is 26.7. The molecular formula is C22H31N3O5. The Morgan fingerprint density at radius 2 is 1.90 bits per heavy atom. The summed E-state index contributed by atoms with van der Waals surface area (Å²) < 4.78 is 16.6. The molecule has 0 radical (unpaired) electrons. The molecule has 8 heteroatoms. The number of urea groups is 1. The van der Waals surface area contributed by atoms with Crippen LogP contribution in [0, 0.1) is 0 Å². The van der Waals surface area contributed by atoms with Gasteiger partial charge in [0.1, 0.15) is 13.2 Å². The van der Waals surface area contributed by atoms with Gasteiger partial charge in [-0.15, -0.1) is 0 Å². The van der Waals surface area contributed by atoms with E-state index in [-0.39, 0.29) is 23.9 Å². The van der Waals surface area contributed by atoms with Crippen molar-refractivity contribution in [2.24, 2.45) is 0 Å². The Bertz CT molecular complexity index is 806. The number of carbonyl (C=O) groups excluding carboxylic acids is 2. The molecule has 3 amide bonds. The van der Waals surface area contributed by atoms with Crippen molar-refractivity contribution in [1.82, 2.24) is 15.5 Å². The third-order valence-corrected chi connectivity index (χ3v) is 6.54. The second kappa shape index (κ2) is 8.81. The number of nitrogens with one attached hydrogen (secondary N) is 2. The fourth-order valence-corrected chi connectivity index (χ4v) is 5.05. The number of hydrogen-bond acceptors (Lipinski definition) is 6. The Hall–Kier alpha value is -2.32. The summed E-state index contributed by atoms with van der Waals surface area (Å²) in [6.07, 6.45) is 4.57. The van der Waals surface area contributed by atoms with Crippen LogP contribution in [0.3, 0.4) is 0 Å². The lowest BCUT2D eigenvalue weighted by atomic mass is 9.71. The van der Waals surface area contributed by atoms with Gasteiger partial charge in [-0.1, -0.05) is 12.8 Å². The number of benzene rings is 1. The van der Waals surface area contributed by atoms with Crippen molar-refractivity contribution in [2.75, 3.05) is 46.6 Å². The lowest BCUT2D eigenvalue weighted by molar-refractivity contribution is -0.122. The normalized spacial score (nSPS) is 21.9. The molecule has 2 heterocycles. The van der Waals surface area contributed by atoms with Crippen molar-refractivity contribution in [2.45, 2.75) is 44.1 Å². The monoisotopic (exact) mass is 417 g/mol. The quantitative estimate of drug-likeness (QED) is 0.714. The Morgan fingerprint density at radius 1 is 1.20 bits per heavy atom. The Labute approximate surface area is 177 Å². The van der Waals surface area contributed by atoms with Crippen LogP contribution in [0.1, 0.15) is 49.8 Å². The van der Waals surface area contributed by atoms with Gasteiger partial charge in [-0.05, 0) is 43.0 Å². The summed E-state index contributed by atoms with van der Waals surface area (Å²) in [6.45, 7) is 4.99. The fourth-order valence-electron chi connectivity index (χ4n) is 5.05. The van der Waals surface area contributed by atoms with Crippen molar-refractivity contribution < 1.29 is 23.8 Å². The van der Waals surface area contributed by atoms with E-state index < -0.39 is 6.03 Å². The molecule has 8 nitrogen and oxygen atoms in total. The average Bonchev–Trinajstić information content (AvgIpc) is 3.20. The molecule has 30 heavy (non-hydrogen) atoms. The molecule has 1 fully saturated rings. The molecule has 4 rings (SSSR count). The lowest BCUT2D eigenvalue weighted by Crippen LogP contribution is -2.51. The molecule has 1 aromatic carbocycles. The van der Waals surface area contributed by atoms with Gasteiger partial charge >= 0.3 is 6.03 Å². The zero-order valence-corrected chi connectivity index (χ0v) is 17.8. The van der Waals surface area contributed by atoms with Gasteiger partial charge in [0, 0.05) is 31.7 Å². The largest absolute Gasteiger partial charge is 0.486 e. The van der Waals surface area contributed by atoms with E-state index in [1.54, 1.807) is 7.11 Å². The molecule has 1 atom stereocenters. The van der Waals surface area contributed by atoms with E-state index >= 15 is 0 Å². The maximum Gasteiger partial charge on any atom is 0.321 e. The number of rotatable bonds is 5. The van der Waals surface area contributed by atoms with Crippen LogP contribution in [-0.2, 0) is 14.9 Å². The highest BCUT2D eigenvalue weighted by atomic mass is 16.6. The van der Waals surface area contributed by atoms with Crippen molar-refractivity contribution in [3.05, 3.63) is 23.3 Å². The van der Waals surface area contributed by atoms with E-state index in [0.717, 1.165) is 30.9 Å². The van der Waals surface area contributed by atoms with E-state index in [0.29, 0.717) is 26.4 Å². The summed E-state index contributed by atoms with van der Waals surface area (Å²) in [7, 11) is 1.56. The molecule has 1 spiro atoms. The molecule has 3 aliphatic rings. The summed E-state index contributed by atoms with van der Waals surface area (Å²) in [5.41, 5.74) is 2.56. The number of amides is 3. The first-order chi connectivity index (χ1) is 14.5. The van der Waals surface area contributed by atoms with Gasteiger partial charge in [-0.3, -0.25) is 15.0 Å². The average molecular weight is 418 g/mol. The summed E-state index contributed by atoms with van der Waals surface area (Å²) >= 11 is 0. The van der Waals surface area contributed by atoms with E-state index in [2.05, 4.69) is 34.6 Å². The summed E-state index contributed by atoms with van der Waals surface area (Å²) in [5, 5.41) is 5.05. The highest BCUT2D eigenvalue weighted by molar-refractivity contribution is 5.95. The number of carbonyl (C=O) groups is 2. The van der Waals surface area contributed by atoms with Crippen LogP contribution < -0.4 is 20.1 Å². The molecule has 0 aromatic heterocycles. The smallest absolute Gasteiger partial charge is 0.321 e. The van der Waals surface area contributed by atoms with E-state index in [9.17, 15) is 9.59 Å². The maximum absolute atomic E-state index is 12.6. The number of imide groups is 1. The second-order valence-electron chi connectivity index (χ2n) is 8.45. The first-order valence-electron chi connectivity index (χ1n) is 10.8. The van der Waals surface area contributed by atoms with Crippen molar-refractivity contribution >= 4 is 11.9 Å². The number of hydrogen-bond donors (Lipinski definition) is 2. The van der Waals surface area contributed by atoms with E-state index in [1.807, 2.05) is 0 Å². The SMILES string of the molecule is COCCNC(=O)NC(=O)CN1CC2(CCCC2)c2cc3c(cc2C1C)OCCO3. The number of nitrogens with zero attached hydrogens (tertiary/aromatic N) is 1.